The molecular formula is C9H16O3. The van der Waals surface area contributed by atoms with Gasteiger partial charge < -0.3 is 9.47 Å². The van der Waals surface area contributed by atoms with Crippen molar-refractivity contribution in [2.24, 2.45) is 0 Å². The molecule has 0 unspecified atom stereocenters. The summed E-state index contributed by atoms with van der Waals surface area (Å²) in [6.07, 6.45) is 1.54. The van der Waals surface area contributed by atoms with Gasteiger partial charge in [0.05, 0.1) is 13.7 Å². The first-order chi connectivity index (χ1) is 5.72. The first-order valence-electron chi connectivity index (χ1n) is 4.06. The summed E-state index contributed by atoms with van der Waals surface area (Å²) >= 11 is 0. The number of hydrogen-bond acceptors (Lipinski definition) is 3. The number of hydrogen-bond donors (Lipinski definition) is 0. The molecule has 3 heteroatoms. The van der Waals surface area contributed by atoms with E-state index in [0.717, 1.165) is 13.0 Å². The molecule has 0 fully saturated rings. The first kappa shape index (κ1) is 11.2. The third-order valence-electron chi connectivity index (χ3n) is 1.37. The van der Waals surface area contributed by atoms with Crippen LogP contribution in [0.4, 0.5) is 0 Å². The van der Waals surface area contributed by atoms with Crippen molar-refractivity contribution in [1.82, 2.24) is 0 Å². The number of carbonyl (C=O) groups is 1. The molecule has 0 saturated heterocycles. The highest BCUT2D eigenvalue weighted by Crippen LogP contribution is 2.00. The van der Waals surface area contributed by atoms with Gasteiger partial charge in [0.2, 0.25) is 0 Å². The molecule has 0 bridgehead atoms. The molecule has 0 rings (SSSR count). The molecule has 0 saturated carbocycles. The third kappa shape index (κ3) is 4.91. The van der Waals surface area contributed by atoms with E-state index in [0.29, 0.717) is 18.6 Å². The van der Waals surface area contributed by atoms with E-state index >= 15 is 0 Å². The van der Waals surface area contributed by atoms with Crippen LogP contribution in [0, 0.1) is 0 Å². The van der Waals surface area contributed by atoms with Crippen LogP contribution in [0.3, 0.4) is 0 Å². The molecule has 0 aromatic carbocycles. The Morgan fingerprint density at radius 1 is 1.42 bits per heavy atom. The second kappa shape index (κ2) is 6.85. The molecule has 0 radical (unpaired) electrons. The molecule has 0 aromatic rings. The Kier molecular flexibility index (Phi) is 6.38. The Labute approximate surface area is 73.4 Å². The molecule has 0 N–H and O–H groups in total. The van der Waals surface area contributed by atoms with Gasteiger partial charge in [0, 0.05) is 18.6 Å². The van der Waals surface area contributed by atoms with Crippen LogP contribution in [-0.4, -0.2) is 26.3 Å². The van der Waals surface area contributed by atoms with E-state index < -0.39 is 0 Å². The van der Waals surface area contributed by atoms with Crippen LogP contribution in [0.2, 0.25) is 0 Å². The fraction of sp³-hybridized carbons (Fsp3) is 0.667. The summed E-state index contributed by atoms with van der Waals surface area (Å²) in [5, 5.41) is 0. The van der Waals surface area contributed by atoms with E-state index in [2.05, 4.69) is 11.3 Å². The Morgan fingerprint density at radius 2 is 2.08 bits per heavy atom. The Balaban J connectivity index is 3.38. The molecule has 12 heavy (non-hydrogen) atoms. The summed E-state index contributed by atoms with van der Waals surface area (Å²) in [5.74, 6) is -0.352. The normalized spacial score (nSPS) is 9.50. The lowest BCUT2D eigenvalue weighted by Crippen LogP contribution is -2.06. The third-order valence-corrected chi connectivity index (χ3v) is 1.37. The van der Waals surface area contributed by atoms with Crippen LogP contribution in [0.5, 0.6) is 0 Å². The second-order valence-corrected chi connectivity index (χ2v) is 2.46. The molecule has 0 amide bonds. The van der Waals surface area contributed by atoms with Crippen molar-refractivity contribution in [3.63, 3.8) is 0 Å². The molecule has 0 aliphatic rings. The molecule has 70 valence electrons. The molecule has 0 spiro atoms. The van der Waals surface area contributed by atoms with Gasteiger partial charge >= 0.3 is 5.97 Å². The number of ether oxygens (including phenoxy) is 2. The number of esters is 1. The highest BCUT2D eigenvalue weighted by atomic mass is 16.5. The summed E-state index contributed by atoms with van der Waals surface area (Å²) in [7, 11) is 1.35. The SMILES string of the molecule is C=C(CCOCCC)C(=O)OC. The first-order valence-corrected chi connectivity index (χ1v) is 4.06. The lowest BCUT2D eigenvalue weighted by Gasteiger charge is -2.03. The van der Waals surface area contributed by atoms with E-state index in [1.54, 1.807) is 0 Å². The molecule has 3 nitrogen and oxygen atoms in total. The second-order valence-electron chi connectivity index (χ2n) is 2.46. The minimum absolute atomic E-state index is 0.352. The van der Waals surface area contributed by atoms with Crippen LogP contribution in [-0.2, 0) is 14.3 Å². The van der Waals surface area contributed by atoms with Crippen molar-refractivity contribution in [2.75, 3.05) is 20.3 Å². The predicted octanol–water partition coefficient (Wildman–Crippen LogP) is 1.53. The summed E-state index contributed by atoms with van der Waals surface area (Å²) in [6, 6.07) is 0. The number of rotatable bonds is 6. The largest absolute Gasteiger partial charge is 0.466 e. The summed E-state index contributed by atoms with van der Waals surface area (Å²) < 4.78 is 9.65. The summed E-state index contributed by atoms with van der Waals surface area (Å²) in [5.41, 5.74) is 0.466. The zero-order chi connectivity index (χ0) is 9.40. The maximum atomic E-state index is 10.8. The summed E-state index contributed by atoms with van der Waals surface area (Å²) in [6.45, 7) is 6.88. The van der Waals surface area contributed by atoms with Crippen molar-refractivity contribution in [1.29, 1.82) is 0 Å². The van der Waals surface area contributed by atoms with Crippen LogP contribution >= 0.6 is 0 Å². The van der Waals surface area contributed by atoms with Gasteiger partial charge in [-0.2, -0.15) is 0 Å². The number of carbonyl (C=O) groups excluding carboxylic acids is 1. The lowest BCUT2D eigenvalue weighted by molar-refractivity contribution is -0.136. The molecule has 0 aliphatic carbocycles. The molecule has 0 aromatic heterocycles. The predicted molar refractivity (Wildman–Crippen MR) is 46.9 cm³/mol. The highest BCUT2D eigenvalue weighted by molar-refractivity contribution is 5.87. The van der Waals surface area contributed by atoms with Crippen molar-refractivity contribution < 1.29 is 14.3 Å². The van der Waals surface area contributed by atoms with E-state index in [1.165, 1.54) is 7.11 Å². The average molecular weight is 172 g/mol. The topological polar surface area (TPSA) is 35.5 Å². The maximum absolute atomic E-state index is 10.8. The van der Waals surface area contributed by atoms with Gasteiger partial charge in [-0.05, 0) is 6.42 Å². The van der Waals surface area contributed by atoms with E-state index in [-0.39, 0.29) is 5.97 Å². The standard InChI is InChI=1S/C9H16O3/c1-4-6-12-7-5-8(2)9(10)11-3/h2,4-7H2,1,3H3. The smallest absolute Gasteiger partial charge is 0.333 e. The Morgan fingerprint density at radius 3 is 2.58 bits per heavy atom. The monoisotopic (exact) mass is 172 g/mol. The van der Waals surface area contributed by atoms with Crippen molar-refractivity contribution in [3.8, 4) is 0 Å². The van der Waals surface area contributed by atoms with Crippen molar-refractivity contribution in [2.45, 2.75) is 19.8 Å². The van der Waals surface area contributed by atoms with Gasteiger partial charge in [-0.15, -0.1) is 0 Å². The van der Waals surface area contributed by atoms with Crippen LogP contribution in [0.25, 0.3) is 0 Å². The summed E-state index contributed by atoms with van der Waals surface area (Å²) in [4.78, 5) is 10.8. The molecule has 0 heterocycles. The van der Waals surface area contributed by atoms with Crippen molar-refractivity contribution >= 4 is 5.97 Å². The van der Waals surface area contributed by atoms with Gasteiger partial charge in [-0.3, -0.25) is 0 Å². The van der Waals surface area contributed by atoms with Gasteiger partial charge in [-0.25, -0.2) is 4.79 Å². The van der Waals surface area contributed by atoms with E-state index in [9.17, 15) is 4.79 Å². The highest BCUT2D eigenvalue weighted by Gasteiger charge is 2.04. The van der Waals surface area contributed by atoms with Gasteiger partial charge in [0.1, 0.15) is 0 Å². The quantitative estimate of drug-likeness (QED) is 0.346. The molecule has 0 atom stereocenters. The number of methoxy groups -OCH3 is 1. The van der Waals surface area contributed by atoms with Crippen LogP contribution < -0.4 is 0 Å². The fourth-order valence-corrected chi connectivity index (χ4v) is 0.688. The van der Waals surface area contributed by atoms with E-state index in [1.807, 2.05) is 6.92 Å². The van der Waals surface area contributed by atoms with Gasteiger partial charge in [0.15, 0.2) is 0 Å². The van der Waals surface area contributed by atoms with Crippen LogP contribution in [0.1, 0.15) is 19.8 Å². The minimum Gasteiger partial charge on any atom is -0.466 e. The van der Waals surface area contributed by atoms with Gasteiger partial charge in [-0.1, -0.05) is 13.5 Å². The molecule has 0 aliphatic heterocycles. The average Bonchev–Trinajstić information content (AvgIpc) is 2.10. The zero-order valence-electron chi connectivity index (χ0n) is 7.76. The van der Waals surface area contributed by atoms with Crippen molar-refractivity contribution in [3.05, 3.63) is 12.2 Å². The van der Waals surface area contributed by atoms with Gasteiger partial charge in [0.25, 0.3) is 0 Å². The molecular weight excluding hydrogens is 156 g/mol. The fourth-order valence-electron chi connectivity index (χ4n) is 0.688. The van der Waals surface area contributed by atoms with Crippen LogP contribution in [0.15, 0.2) is 12.2 Å². The minimum atomic E-state index is -0.352. The van der Waals surface area contributed by atoms with E-state index in [4.69, 9.17) is 4.74 Å². The zero-order valence-corrected chi connectivity index (χ0v) is 7.76. The maximum Gasteiger partial charge on any atom is 0.333 e. The Hall–Kier alpha value is -0.830. The Bertz CT molecular complexity index is 152. The lowest BCUT2D eigenvalue weighted by atomic mass is 10.2.